The summed E-state index contributed by atoms with van der Waals surface area (Å²) in [4.78, 5) is 2.08. The number of likely N-dealkylation sites (N-methyl/N-ethyl adjacent to an activating group) is 1. The van der Waals surface area contributed by atoms with Crippen molar-refractivity contribution in [3.8, 4) is 0 Å². The molecule has 0 aliphatic carbocycles. The second-order valence-corrected chi connectivity index (χ2v) is 6.56. The minimum absolute atomic E-state index is 0.208. The summed E-state index contributed by atoms with van der Waals surface area (Å²) in [7, 11) is 1.99. The van der Waals surface area contributed by atoms with Crippen LogP contribution in [0.5, 0.6) is 0 Å². The van der Waals surface area contributed by atoms with Gasteiger partial charge >= 0.3 is 0 Å². The largest absolute Gasteiger partial charge is 0.395 e. The molecule has 1 aromatic heterocycles. The van der Waals surface area contributed by atoms with Gasteiger partial charge in [0.1, 0.15) is 0 Å². The normalized spacial score (nSPS) is 11.2. The zero-order valence-electron chi connectivity index (χ0n) is 7.26. The monoisotopic (exact) mass is 327 g/mol. The summed E-state index contributed by atoms with van der Waals surface area (Å²) in [5.74, 6) is 0. The highest BCUT2D eigenvalue weighted by Crippen LogP contribution is 2.32. The molecule has 2 nitrogen and oxygen atoms in total. The summed E-state index contributed by atoms with van der Waals surface area (Å²) < 4.78 is 2.29. The standard InChI is InChI=1S/C8H11Br2NOS/c1-11(2-3-12)5-6-4-7(9)13-8(6)10/h4,12H,2-3,5H2,1H3. The molecule has 0 saturated carbocycles. The zero-order valence-corrected chi connectivity index (χ0v) is 11.2. The van der Waals surface area contributed by atoms with E-state index in [0.29, 0.717) is 6.54 Å². The van der Waals surface area contributed by atoms with Crippen LogP contribution < -0.4 is 0 Å². The molecular weight excluding hydrogens is 318 g/mol. The Labute approximate surface area is 98.8 Å². The van der Waals surface area contributed by atoms with Gasteiger partial charge < -0.3 is 5.11 Å². The van der Waals surface area contributed by atoms with Crippen LogP contribution in [0.25, 0.3) is 0 Å². The van der Waals surface area contributed by atoms with Gasteiger partial charge in [0.2, 0.25) is 0 Å². The third-order valence-corrected chi connectivity index (χ3v) is 4.11. The third-order valence-electron chi connectivity index (χ3n) is 1.65. The molecule has 0 radical (unpaired) electrons. The molecule has 0 bridgehead atoms. The average molecular weight is 329 g/mol. The summed E-state index contributed by atoms with van der Waals surface area (Å²) >= 11 is 8.60. The molecule has 1 rings (SSSR count). The number of rotatable bonds is 4. The van der Waals surface area contributed by atoms with E-state index in [1.54, 1.807) is 11.3 Å². The minimum atomic E-state index is 0.208. The number of aliphatic hydroxyl groups excluding tert-OH is 1. The highest BCUT2D eigenvalue weighted by atomic mass is 79.9. The van der Waals surface area contributed by atoms with Gasteiger partial charge in [0.25, 0.3) is 0 Å². The molecule has 1 heterocycles. The van der Waals surface area contributed by atoms with Crippen LogP contribution in [-0.4, -0.2) is 30.2 Å². The molecule has 74 valence electrons. The SMILES string of the molecule is CN(CCO)Cc1cc(Br)sc1Br. The number of aliphatic hydroxyl groups is 1. The van der Waals surface area contributed by atoms with Crippen molar-refractivity contribution in [2.75, 3.05) is 20.2 Å². The van der Waals surface area contributed by atoms with Crippen LogP contribution in [0.2, 0.25) is 0 Å². The summed E-state index contributed by atoms with van der Waals surface area (Å²) in [6.07, 6.45) is 0. The first-order valence-electron chi connectivity index (χ1n) is 3.86. The van der Waals surface area contributed by atoms with Gasteiger partial charge in [0.15, 0.2) is 0 Å². The predicted octanol–water partition coefficient (Wildman–Crippen LogP) is 2.70. The van der Waals surface area contributed by atoms with Crippen LogP contribution >= 0.6 is 43.2 Å². The van der Waals surface area contributed by atoms with Crippen molar-refractivity contribution in [2.45, 2.75) is 6.54 Å². The smallest absolute Gasteiger partial charge is 0.0755 e. The highest BCUT2D eigenvalue weighted by Gasteiger charge is 2.07. The molecule has 13 heavy (non-hydrogen) atoms. The summed E-state index contributed by atoms with van der Waals surface area (Å²) in [5, 5.41) is 8.73. The van der Waals surface area contributed by atoms with Crippen molar-refractivity contribution in [3.05, 3.63) is 19.2 Å². The van der Waals surface area contributed by atoms with Crippen LogP contribution in [-0.2, 0) is 6.54 Å². The van der Waals surface area contributed by atoms with E-state index in [2.05, 4.69) is 42.8 Å². The zero-order chi connectivity index (χ0) is 9.84. The van der Waals surface area contributed by atoms with E-state index in [-0.39, 0.29) is 6.61 Å². The Hall–Kier alpha value is 0.580. The lowest BCUT2D eigenvalue weighted by molar-refractivity contribution is 0.217. The molecule has 0 spiro atoms. The molecule has 0 unspecified atom stereocenters. The fraction of sp³-hybridized carbons (Fsp3) is 0.500. The lowest BCUT2D eigenvalue weighted by atomic mass is 10.3. The van der Waals surface area contributed by atoms with Crippen molar-refractivity contribution >= 4 is 43.2 Å². The second-order valence-electron chi connectivity index (χ2n) is 2.81. The van der Waals surface area contributed by atoms with Crippen LogP contribution in [0.15, 0.2) is 13.6 Å². The number of hydrogen-bond acceptors (Lipinski definition) is 3. The van der Waals surface area contributed by atoms with Gasteiger partial charge in [-0.1, -0.05) is 0 Å². The molecular formula is C8H11Br2NOS. The van der Waals surface area contributed by atoms with Gasteiger partial charge in [-0.15, -0.1) is 11.3 Å². The van der Waals surface area contributed by atoms with Crippen molar-refractivity contribution in [2.24, 2.45) is 0 Å². The Morgan fingerprint density at radius 1 is 1.54 bits per heavy atom. The van der Waals surface area contributed by atoms with Gasteiger partial charge in [0.05, 0.1) is 14.2 Å². The van der Waals surface area contributed by atoms with Crippen LogP contribution in [0.1, 0.15) is 5.56 Å². The number of halogens is 2. The van der Waals surface area contributed by atoms with Crippen molar-refractivity contribution < 1.29 is 5.11 Å². The van der Waals surface area contributed by atoms with Crippen LogP contribution in [0.4, 0.5) is 0 Å². The number of nitrogens with zero attached hydrogens (tertiary/aromatic N) is 1. The van der Waals surface area contributed by atoms with E-state index in [4.69, 9.17) is 5.11 Å². The molecule has 0 atom stereocenters. The molecule has 5 heteroatoms. The lowest BCUT2D eigenvalue weighted by Crippen LogP contribution is -2.21. The van der Waals surface area contributed by atoms with E-state index in [1.165, 1.54) is 5.56 Å². The van der Waals surface area contributed by atoms with E-state index in [0.717, 1.165) is 14.1 Å². The number of thiophene rings is 1. The van der Waals surface area contributed by atoms with Gasteiger partial charge in [-0.3, -0.25) is 4.90 Å². The molecule has 0 fully saturated rings. The van der Waals surface area contributed by atoms with Gasteiger partial charge in [-0.05, 0) is 50.5 Å². The first-order valence-corrected chi connectivity index (χ1v) is 6.27. The topological polar surface area (TPSA) is 23.5 Å². The third kappa shape index (κ3) is 3.67. The fourth-order valence-corrected chi connectivity index (χ4v) is 3.83. The van der Waals surface area contributed by atoms with Gasteiger partial charge in [0, 0.05) is 13.1 Å². The summed E-state index contributed by atoms with van der Waals surface area (Å²) in [5.41, 5.74) is 1.26. The van der Waals surface area contributed by atoms with Gasteiger partial charge in [-0.2, -0.15) is 0 Å². The molecule has 0 aliphatic rings. The molecule has 0 aromatic carbocycles. The van der Waals surface area contributed by atoms with Crippen LogP contribution in [0.3, 0.4) is 0 Å². The maximum absolute atomic E-state index is 8.73. The van der Waals surface area contributed by atoms with E-state index < -0.39 is 0 Å². The fourth-order valence-electron chi connectivity index (χ4n) is 1.02. The van der Waals surface area contributed by atoms with Crippen molar-refractivity contribution in [1.82, 2.24) is 4.90 Å². The quantitative estimate of drug-likeness (QED) is 0.918. The molecule has 0 amide bonds. The first kappa shape index (κ1) is 11.7. The molecule has 0 saturated heterocycles. The molecule has 1 N–H and O–H groups in total. The predicted molar refractivity (Wildman–Crippen MR) is 63.1 cm³/mol. The Morgan fingerprint density at radius 3 is 2.69 bits per heavy atom. The maximum atomic E-state index is 8.73. The highest BCUT2D eigenvalue weighted by molar-refractivity contribution is 9.12. The van der Waals surface area contributed by atoms with Crippen molar-refractivity contribution in [1.29, 1.82) is 0 Å². The minimum Gasteiger partial charge on any atom is -0.395 e. The van der Waals surface area contributed by atoms with E-state index >= 15 is 0 Å². The van der Waals surface area contributed by atoms with Gasteiger partial charge in [-0.25, -0.2) is 0 Å². The van der Waals surface area contributed by atoms with E-state index in [1.807, 2.05) is 7.05 Å². The Kier molecular flexibility index (Phi) is 4.89. The van der Waals surface area contributed by atoms with Crippen LogP contribution in [0, 0.1) is 0 Å². The number of hydrogen-bond donors (Lipinski definition) is 1. The van der Waals surface area contributed by atoms with E-state index in [9.17, 15) is 0 Å². The lowest BCUT2D eigenvalue weighted by Gasteiger charge is -2.13. The van der Waals surface area contributed by atoms with Crippen molar-refractivity contribution in [3.63, 3.8) is 0 Å². The molecule has 0 aliphatic heterocycles. The maximum Gasteiger partial charge on any atom is 0.0755 e. The second kappa shape index (κ2) is 5.46. The summed E-state index contributed by atoms with van der Waals surface area (Å²) in [6, 6.07) is 2.10. The first-order chi connectivity index (χ1) is 6.13. The molecule has 1 aromatic rings. The Bertz CT molecular complexity index is 277. The Balaban J connectivity index is 2.57. The summed E-state index contributed by atoms with van der Waals surface area (Å²) in [6.45, 7) is 1.78. The Morgan fingerprint density at radius 2 is 2.23 bits per heavy atom. The average Bonchev–Trinajstić information content (AvgIpc) is 2.30.